The number of hydrogen-bond acceptors (Lipinski definition) is 3. The van der Waals surface area contributed by atoms with E-state index in [1.807, 2.05) is 0 Å². The second-order valence-electron chi connectivity index (χ2n) is 3.32. The van der Waals surface area contributed by atoms with Crippen LogP contribution >= 0.6 is 0 Å². The lowest BCUT2D eigenvalue weighted by Gasteiger charge is -2.10. The predicted molar refractivity (Wildman–Crippen MR) is 54.4 cm³/mol. The van der Waals surface area contributed by atoms with Crippen LogP contribution in [-0.2, 0) is 0 Å². The number of halogens is 2. The van der Waals surface area contributed by atoms with Gasteiger partial charge in [0.2, 0.25) is 0 Å². The number of pyridine rings is 2. The standard InChI is InChI=1S/C11H9F2N3/c12-8-1-2-10(16-6-8)11(14)7-3-9(13)5-15-4-7/h1-6,11H,14H2. The second-order valence-corrected chi connectivity index (χ2v) is 3.32. The van der Waals surface area contributed by atoms with Crippen LogP contribution in [0.25, 0.3) is 0 Å². The van der Waals surface area contributed by atoms with Crippen LogP contribution in [0.3, 0.4) is 0 Å². The summed E-state index contributed by atoms with van der Waals surface area (Å²) in [5.41, 5.74) is 6.81. The molecule has 0 saturated carbocycles. The van der Waals surface area contributed by atoms with Gasteiger partial charge in [-0.1, -0.05) is 0 Å². The fourth-order valence-corrected chi connectivity index (χ4v) is 1.34. The Labute approximate surface area is 91.0 Å². The van der Waals surface area contributed by atoms with Crippen LogP contribution in [0.1, 0.15) is 17.3 Å². The first-order valence-corrected chi connectivity index (χ1v) is 4.64. The van der Waals surface area contributed by atoms with Gasteiger partial charge in [0.1, 0.15) is 11.6 Å². The van der Waals surface area contributed by atoms with Crippen molar-refractivity contribution in [1.82, 2.24) is 9.97 Å². The van der Waals surface area contributed by atoms with Crippen molar-refractivity contribution in [2.75, 3.05) is 0 Å². The van der Waals surface area contributed by atoms with Gasteiger partial charge in [0.15, 0.2) is 0 Å². The fourth-order valence-electron chi connectivity index (χ4n) is 1.34. The molecule has 5 heteroatoms. The highest BCUT2D eigenvalue weighted by Crippen LogP contribution is 2.17. The first-order chi connectivity index (χ1) is 7.66. The largest absolute Gasteiger partial charge is 0.319 e. The molecular weight excluding hydrogens is 212 g/mol. The summed E-state index contributed by atoms with van der Waals surface area (Å²) >= 11 is 0. The van der Waals surface area contributed by atoms with Gasteiger partial charge < -0.3 is 5.73 Å². The highest BCUT2D eigenvalue weighted by molar-refractivity contribution is 5.24. The molecule has 16 heavy (non-hydrogen) atoms. The van der Waals surface area contributed by atoms with Gasteiger partial charge in [0, 0.05) is 6.20 Å². The van der Waals surface area contributed by atoms with Crippen LogP contribution in [0.5, 0.6) is 0 Å². The van der Waals surface area contributed by atoms with E-state index in [2.05, 4.69) is 9.97 Å². The van der Waals surface area contributed by atoms with Crippen LogP contribution in [-0.4, -0.2) is 9.97 Å². The highest BCUT2D eigenvalue weighted by Gasteiger charge is 2.11. The van der Waals surface area contributed by atoms with Gasteiger partial charge in [-0.05, 0) is 23.8 Å². The molecule has 0 spiro atoms. The Kier molecular flexibility index (Phi) is 2.87. The first-order valence-electron chi connectivity index (χ1n) is 4.64. The zero-order valence-corrected chi connectivity index (χ0v) is 8.27. The third-order valence-corrected chi connectivity index (χ3v) is 2.15. The van der Waals surface area contributed by atoms with Crippen molar-refractivity contribution >= 4 is 0 Å². The molecule has 2 heterocycles. The average molecular weight is 221 g/mol. The molecule has 0 aliphatic heterocycles. The summed E-state index contributed by atoms with van der Waals surface area (Å²) in [6, 6.07) is 3.39. The van der Waals surface area contributed by atoms with Crippen molar-refractivity contribution in [2.24, 2.45) is 5.73 Å². The van der Waals surface area contributed by atoms with E-state index in [0.29, 0.717) is 11.3 Å². The molecule has 3 nitrogen and oxygen atoms in total. The summed E-state index contributed by atoms with van der Waals surface area (Å²) < 4.78 is 25.5. The van der Waals surface area contributed by atoms with Crippen molar-refractivity contribution in [3.63, 3.8) is 0 Å². The quantitative estimate of drug-likeness (QED) is 0.841. The number of rotatable bonds is 2. The minimum atomic E-state index is -0.608. The van der Waals surface area contributed by atoms with Gasteiger partial charge in [-0.2, -0.15) is 0 Å². The lowest BCUT2D eigenvalue weighted by molar-refractivity contribution is 0.611. The van der Waals surface area contributed by atoms with E-state index in [-0.39, 0.29) is 0 Å². The Bertz CT molecular complexity index is 485. The minimum Gasteiger partial charge on any atom is -0.319 e. The smallest absolute Gasteiger partial charge is 0.141 e. The van der Waals surface area contributed by atoms with Crippen LogP contribution in [0, 0.1) is 11.6 Å². The van der Waals surface area contributed by atoms with Gasteiger partial charge in [0.25, 0.3) is 0 Å². The molecule has 2 aromatic rings. The van der Waals surface area contributed by atoms with Crippen LogP contribution < -0.4 is 5.73 Å². The number of nitrogens with zero attached hydrogens (tertiary/aromatic N) is 2. The molecule has 0 aliphatic carbocycles. The van der Waals surface area contributed by atoms with Crippen molar-refractivity contribution in [3.05, 3.63) is 59.7 Å². The number of nitrogens with two attached hydrogens (primary N) is 1. The van der Waals surface area contributed by atoms with Gasteiger partial charge >= 0.3 is 0 Å². The molecule has 82 valence electrons. The Balaban J connectivity index is 2.31. The maximum Gasteiger partial charge on any atom is 0.141 e. The number of hydrogen-bond donors (Lipinski definition) is 1. The first kappa shape index (κ1) is 10.6. The highest BCUT2D eigenvalue weighted by atomic mass is 19.1. The van der Waals surface area contributed by atoms with Crippen LogP contribution in [0.15, 0.2) is 36.8 Å². The molecular formula is C11H9F2N3. The summed E-state index contributed by atoms with van der Waals surface area (Å²) in [6.45, 7) is 0. The molecule has 2 aromatic heterocycles. The summed E-state index contributed by atoms with van der Waals surface area (Å²) in [4.78, 5) is 7.53. The molecule has 0 fully saturated rings. The SMILES string of the molecule is NC(c1cncc(F)c1)c1ccc(F)cn1. The van der Waals surface area contributed by atoms with E-state index in [4.69, 9.17) is 5.73 Å². The van der Waals surface area contributed by atoms with E-state index in [9.17, 15) is 8.78 Å². The monoisotopic (exact) mass is 221 g/mol. The topological polar surface area (TPSA) is 51.8 Å². The average Bonchev–Trinajstić information content (AvgIpc) is 2.29. The van der Waals surface area contributed by atoms with Crippen molar-refractivity contribution in [3.8, 4) is 0 Å². The van der Waals surface area contributed by atoms with Crippen molar-refractivity contribution < 1.29 is 8.78 Å². The molecule has 2 N–H and O–H groups in total. The Morgan fingerprint density at radius 3 is 2.50 bits per heavy atom. The second kappa shape index (κ2) is 4.32. The zero-order chi connectivity index (χ0) is 11.5. The summed E-state index contributed by atoms with van der Waals surface area (Å²) in [5, 5.41) is 0. The fraction of sp³-hybridized carbons (Fsp3) is 0.0909. The van der Waals surface area contributed by atoms with E-state index in [0.717, 1.165) is 12.4 Å². The molecule has 1 unspecified atom stereocenters. The molecule has 2 rings (SSSR count). The molecule has 0 amide bonds. The van der Waals surface area contributed by atoms with Crippen LogP contribution in [0.2, 0.25) is 0 Å². The summed E-state index contributed by atoms with van der Waals surface area (Å²) in [7, 11) is 0. The molecule has 0 radical (unpaired) electrons. The van der Waals surface area contributed by atoms with Gasteiger partial charge in [-0.3, -0.25) is 9.97 Å². The molecule has 0 aromatic carbocycles. The molecule has 1 atom stereocenters. The molecule has 0 aliphatic rings. The Hall–Kier alpha value is -1.88. The lowest BCUT2D eigenvalue weighted by Crippen LogP contribution is -2.14. The van der Waals surface area contributed by atoms with Crippen LogP contribution in [0.4, 0.5) is 8.78 Å². The minimum absolute atomic E-state index is 0.437. The third kappa shape index (κ3) is 2.20. The van der Waals surface area contributed by atoms with Gasteiger partial charge in [-0.15, -0.1) is 0 Å². The number of aromatic nitrogens is 2. The predicted octanol–water partition coefficient (Wildman–Crippen LogP) is 1.80. The van der Waals surface area contributed by atoms with E-state index in [1.54, 1.807) is 0 Å². The maximum atomic E-state index is 12.9. The normalized spacial score (nSPS) is 12.4. The third-order valence-electron chi connectivity index (χ3n) is 2.15. The van der Waals surface area contributed by atoms with Crippen molar-refractivity contribution in [1.29, 1.82) is 0 Å². The van der Waals surface area contributed by atoms with E-state index < -0.39 is 17.7 Å². The Morgan fingerprint density at radius 1 is 1.06 bits per heavy atom. The zero-order valence-electron chi connectivity index (χ0n) is 8.27. The lowest BCUT2D eigenvalue weighted by atomic mass is 10.1. The summed E-state index contributed by atoms with van der Waals surface area (Å²) in [6.07, 6.45) is 3.62. The Morgan fingerprint density at radius 2 is 1.88 bits per heavy atom. The van der Waals surface area contributed by atoms with E-state index >= 15 is 0 Å². The maximum absolute atomic E-state index is 12.9. The molecule has 0 saturated heterocycles. The summed E-state index contributed by atoms with van der Waals surface area (Å²) in [5.74, 6) is -0.900. The van der Waals surface area contributed by atoms with Crippen molar-refractivity contribution in [2.45, 2.75) is 6.04 Å². The van der Waals surface area contributed by atoms with Gasteiger partial charge in [-0.25, -0.2) is 8.78 Å². The molecule has 0 bridgehead atoms. The van der Waals surface area contributed by atoms with Gasteiger partial charge in [0.05, 0.1) is 24.1 Å². The van der Waals surface area contributed by atoms with E-state index in [1.165, 1.54) is 24.4 Å².